The van der Waals surface area contributed by atoms with E-state index in [9.17, 15) is 9.59 Å². The van der Waals surface area contributed by atoms with Gasteiger partial charge in [-0.1, -0.05) is 6.07 Å². The van der Waals surface area contributed by atoms with Gasteiger partial charge in [-0.05, 0) is 18.2 Å². The first-order valence-electron chi connectivity index (χ1n) is 4.62. The standard InChI is InChI=1S/C11H12N2O3/c1-8(14)13-10(11(15)16-2)7-9-5-3-4-6-12-9/h3-7H,1-2H3,(H,13,14)/b10-7-. The van der Waals surface area contributed by atoms with Crippen molar-refractivity contribution in [2.24, 2.45) is 0 Å². The number of hydrogen-bond donors (Lipinski definition) is 1. The molecule has 0 aliphatic carbocycles. The highest BCUT2D eigenvalue weighted by molar-refractivity contribution is 5.97. The number of pyridine rings is 1. The van der Waals surface area contributed by atoms with Crippen molar-refractivity contribution in [1.82, 2.24) is 10.3 Å². The summed E-state index contributed by atoms with van der Waals surface area (Å²) < 4.78 is 4.54. The number of amides is 1. The van der Waals surface area contributed by atoms with Crippen molar-refractivity contribution in [3.8, 4) is 0 Å². The summed E-state index contributed by atoms with van der Waals surface area (Å²) in [6.45, 7) is 1.31. The molecule has 0 bridgehead atoms. The first kappa shape index (κ1) is 11.9. The van der Waals surface area contributed by atoms with Crippen LogP contribution in [0.15, 0.2) is 30.1 Å². The van der Waals surface area contributed by atoms with E-state index in [-0.39, 0.29) is 11.6 Å². The molecule has 16 heavy (non-hydrogen) atoms. The summed E-state index contributed by atoms with van der Waals surface area (Å²) in [6.07, 6.45) is 3.04. The lowest BCUT2D eigenvalue weighted by molar-refractivity contribution is -0.137. The molecular formula is C11H12N2O3. The van der Waals surface area contributed by atoms with Crippen LogP contribution in [0.25, 0.3) is 6.08 Å². The van der Waals surface area contributed by atoms with Gasteiger partial charge in [-0.25, -0.2) is 4.79 Å². The van der Waals surface area contributed by atoms with Crippen LogP contribution in [0.2, 0.25) is 0 Å². The maximum Gasteiger partial charge on any atom is 0.354 e. The molecule has 0 unspecified atom stereocenters. The predicted molar refractivity (Wildman–Crippen MR) is 58.0 cm³/mol. The smallest absolute Gasteiger partial charge is 0.354 e. The van der Waals surface area contributed by atoms with E-state index in [2.05, 4.69) is 15.0 Å². The minimum Gasteiger partial charge on any atom is -0.464 e. The molecule has 0 spiro atoms. The van der Waals surface area contributed by atoms with Crippen LogP contribution in [0.3, 0.4) is 0 Å². The number of carbonyl (C=O) groups is 2. The Morgan fingerprint density at radius 2 is 2.19 bits per heavy atom. The maximum atomic E-state index is 11.3. The molecular weight excluding hydrogens is 208 g/mol. The molecule has 0 radical (unpaired) electrons. The zero-order valence-electron chi connectivity index (χ0n) is 9.06. The average molecular weight is 220 g/mol. The quantitative estimate of drug-likeness (QED) is 0.602. The molecule has 1 N–H and O–H groups in total. The first-order chi connectivity index (χ1) is 7.63. The number of methoxy groups -OCH3 is 1. The summed E-state index contributed by atoms with van der Waals surface area (Å²) in [4.78, 5) is 26.2. The minimum atomic E-state index is -0.610. The van der Waals surface area contributed by atoms with Gasteiger partial charge in [-0.2, -0.15) is 0 Å². The van der Waals surface area contributed by atoms with Crippen LogP contribution in [0.1, 0.15) is 12.6 Å². The van der Waals surface area contributed by atoms with Crippen LogP contribution in [0.4, 0.5) is 0 Å². The van der Waals surface area contributed by atoms with Gasteiger partial charge in [0.1, 0.15) is 5.70 Å². The SMILES string of the molecule is COC(=O)/C(=C/c1ccccn1)NC(C)=O. The van der Waals surface area contributed by atoms with Gasteiger partial charge in [0.2, 0.25) is 5.91 Å². The van der Waals surface area contributed by atoms with Crippen molar-refractivity contribution in [2.45, 2.75) is 6.92 Å². The molecule has 1 aromatic heterocycles. The van der Waals surface area contributed by atoms with E-state index < -0.39 is 5.97 Å². The lowest BCUT2D eigenvalue weighted by Crippen LogP contribution is -2.25. The number of carbonyl (C=O) groups excluding carboxylic acids is 2. The number of aromatic nitrogens is 1. The van der Waals surface area contributed by atoms with Gasteiger partial charge in [-0.15, -0.1) is 0 Å². The second kappa shape index (κ2) is 5.65. The Bertz CT molecular complexity index is 412. The van der Waals surface area contributed by atoms with Crippen LogP contribution in [0, 0.1) is 0 Å². The number of hydrogen-bond acceptors (Lipinski definition) is 4. The zero-order valence-corrected chi connectivity index (χ0v) is 9.06. The van der Waals surface area contributed by atoms with E-state index in [0.717, 1.165) is 0 Å². The topological polar surface area (TPSA) is 68.3 Å². The third-order valence-electron chi connectivity index (χ3n) is 1.70. The molecule has 0 fully saturated rings. The molecule has 1 amide bonds. The molecule has 0 atom stereocenters. The number of esters is 1. The fraction of sp³-hybridized carbons (Fsp3) is 0.182. The lowest BCUT2D eigenvalue weighted by Gasteiger charge is -2.05. The largest absolute Gasteiger partial charge is 0.464 e. The Kier molecular flexibility index (Phi) is 4.20. The minimum absolute atomic E-state index is 0.0636. The first-order valence-corrected chi connectivity index (χ1v) is 4.62. The molecule has 0 aliphatic rings. The van der Waals surface area contributed by atoms with E-state index in [0.29, 0.717) is 5.69 Å². The van der Waals surface area contributed by atoms with Gasteiger partial charge in [-0.3, -0.25) is 9.78 Å². The van der Waals surface area contributed by atoms with Crippen LogP contribution < -0.4 is 5.32 Å². The number of nitrogens with one attached hydrogen (secondary N) is 1. The Morgan fingerprint density at radius 1 is 1.44 bits per heavy atom. The van der Waals surface area contributed by atoms with Crippen molar-refractivity contribution in [3.63, 3.8) is 0 Å². The fourth-order valence-corrected chi connectivity index (χ4v) is 1.05. The summed E-state index contributed by atoms with van der Waals surface area (Å²) in [5.74, 6) is -0.951. The van der Waals surface area contributed by atoms with Crippen LogP contribution >= 0.6 is 0 Å². The van der Waals surface area contributed by atoms with Crippen molar-refractivity contribution in [2.75, 3.05) is 7.11 Å². The highest BCUT2D eigenvalue weighted by Crippen LogP contribution is 2.02. The van der Waals surface area contributed by atoms with Crippen molar-refractivity contribution in [1.29, 1.82) is 0 Å². The normalized spacial score (nSPS) is 10.8. The van der Waals surface area contributed by atoms with Crippen LogP contribution in [0.5, 0.6) is 0 Å². The zero-order chi connectivity index (χ0) is 12.0. The van der Waals surface area contributed by atoms with Gasteiger partial charge < -0.3 is 10.1 Å². The molecule has 1 heterocycles. The molecule has 0 saturated heterocycles. The average Bonchev–Trinajstić information content (AvgIpc) is 2.28. The summed E-state index contributed by atoms with van der Waals surface area (Å²) >= 11 is 0. The number of ether oxygens (including phenoxy) is 1. The van der Waals surface area contributed by atoms with Crippen molar-refractivity contribution >= 4 is 18.0 Å². The van der Waals surface area contributed by atoms with E-state index in [1.54, 1.807) is 24.4 Å². The molecule has 0 saturated carbocycles. The molecule has 5 nitrogen and oxygen atoms in total. The fourth-order valence-electron chi connectivity index (χ4n) is 1.05. The summed E-state index contributed by atoms with van der Waals surface area (Å²) in [6, 6.07) is 5.25. The lowest BCUT2D eigenvalue weighted by atomic mass is 10.3. The van der Waals surface area contributed by atoms with Crippen molar-refractivity contribution in [3.05, 3.63) is 35.8 Å². The van der Waals surface area contributed by atoms with Gasteiger partial charge >= 0.3 is 5.97 Å². The maximum absolute atomic E-state index is 11.3. The highest BCUT2D eigenvalue weighted by Gasteiger charge is 2.10. The van der Waals surface area contributed by atoms with Gasteiger partial charge in [0.25, 0.3) is 0 Å². The van der Waals surface area contributed by atoms with Gasteiger partial charge in [0.15, 0.2) is 0 Å². The third kappa shape index (κ3) is 3.53. The number of nitrogens with zero attached hydrogens (tertiary/aromatic N) is 1. The third-order valence-corrected chi connectivity index (χ3v) is 1.70. The predicted octanol–water partition coefficient (Wildman–Crippen LogP) is 0.732. The highest BCUT2D eigenvalue weighted by atomic mass is 16.5. The second-order valence-electron chi connectivity index (χ2n) is 2.99. The summed E-state index contributed by atoms with van der Waals surface area (Å²) in [5.41, 5.74) is 0.630. The molecule has 0 aliphatic heterocycles. The molecule has 1 aromatic rings. The van der Waals surface area contributed by atoms with E-state index in [1.165, 1.54) is 20.1 Å². The molecule has 0 aromatic carbocycles. The van der Waals surface area contributed by atoms with E-state index in [4.69, 9.17) is 0 Å². The Balaban J connectivity index is 2.96. The molecule has 5 heteroatoms. The Morgan fingerprint density at radius 3 is 2.69 bits per heavy atom. The van der Waals surface area contributed by atoms with Crippen LogP contribution in [-0.4, -0.2) is 24.0 Å². The summed E-state index contributed by atoms with van der Waals surface area (Å²) in [7, 11) is 1.25. The Hall–Kier alpha value is -2.17. The Labute approximate surface area is 93.1 Å². The van der Waals surface area contributed by atoms with Gasteiger partial charge in [0, 0.05) is 13.1 Å². The second-order valence-corrected chi connectivity index (χ2v) is 2.99. The van der Waals surface area contributed by atoms with E-state index >= 15 is 0 Å². The van der Waals surface area contributed by atoms with E-state index in [1.807, 2.05) is 0 Å². The number of rotatable bonds is 3. The van der Waals surface area contributed by atoms with Crippen LogP contribution in [-0.2, 0) is 14.3 Å². The van der Waals surface area contributed by atoms with Crippen molar-refractivity contribution < 1.29 is 14.3 Å². The van der Waals surface area contributed by atoms with Gasteiger partial charge in [0.05, 0.1) is 12.8 Å². The monoisotopic (exact) mass is 220 g/mol. The molecule has 1 rings (SSSR count). The summed E-state index contributed by atoms with van der Waals surface area (Å²) in [5, 5.41) is 2.39. The molecule has 84 valence electrons.